The Morgan fingerprint density at radius 3 is 2.53 bits per heavy atom. The third-order valence-corrected chi connectivity index (χ3v) is 7.35. The van der Waals surface area contributed by atoms with E-state index in [0.717, 1.165) is 42.4 Å². The molecule has 1 saturated carbocycles. The molecule has 0 unspecified atom stereocenters. The molecule has 8 heteroatoms. The van der Waals surface area contributed by atoms with Crippen molar-refractivity contribution in [3.63, 3.8) is 0 Å². The first-order chi connectivity index (χ1) is 18.4. The molecule has 5 rings (SSSR count). The van der Waals surface area contributed by atoms with Crippen molar-refractivity contribution in [2.75, 3.05) is 7.11 Å². The summed E-state index contributed by atoms with van der Waals surface area (Å²) < 4.78 is 21.8. The van der Waals surface area contributed by atoms with Crippen molar-refractivity contribution in [3.8, 4) is 17.0 Å². The maximum absolute atomic E-state index is 14.7. The van der Waals surface area contributed by atoms with Gasteiger partial charge >= 0.3 is 5.97 Å². The molecule has 38 heavy (non-hydrogen) atoms. The quantitative estimate of drug-likeness (QED) is 0.316. The molecule has 7 nitrogen and oxygen atoms in total. The van der Waals surface area contributed by atoms with Gasteiger partial charge in [0.2, 0.25) is 5.88 Å². The first-order valence-corrected chi connectivity index (χ1v) is 12.8. The van der Waals surface area contributed by atoms with Crippen LogP contribution in [0.4, 0.5) is 4.39 Å². The van der Waals surface area contributed by atoms with Crippen LogP contribution in [-0.2, 0) is 11.3 Å². The van der Waals surface area contributed by atoms with Gasteiger partial charge in [-0.3, -0.25) is 9.59 Å². The number of carbonyl (C=O) groups excluding carboxylic acids is 1. The molecule has 0 atom stereocenters. The lowest BCUT2D eigenvalue weighted by atomic mass is 9.84. The summed E-state index contributed by atoms with van der Waals surface area (Å²) in [4.78, 5) is 28.4. The van der Waals surface area contributed by atoms with Crippen LogP contribution in [0.5, 0.6) is 5.88 Å². The number of hydrogen-bond acceptors (Lipinski definition) is 4. The van der Waals surface area contributed by atoms with E-state index in [4.69, 9.17) is 9.84 Å². The number of carbonyl (C=O) groups is 2. The normalized spacial score (nSPS) is 17.3. The number of pyridine rings is 1. The average molecular weight is 516 g/mol. The van der Waals surface area contributed by atoms with Gasteiger partial charge in [0.05, 0.1) is 18.2 Å². The lowest BCUT2D eigenvalue weighted by Gasteiger charge is -2.28. The van der Waals surface area contributed by atoms with E-state index in [2.05, 4.69) is 10.3 Å². The van der Waals surface area contributed by atoms with E-state index in [1.54, 1.807) is 25.4 Å². The minimum atomic E-state index is -0.779. The van der Waals surface area contributed by atoms with Crippen LogP contribution in [-0.4, -0.2) is 39.7 Å². The van der Waals surface area contributed by atoms with Gasteiger partial charge in [0.25, 0.3) is 5.91 Å². The number of aliphatic carboxylic acids is 1. The van der Waals surface area contributed by atoms with Crippen LogP contribution in [0.25, 0.3) is 22.0 Å². The lowest BCUT2D eigenvalue weighted by molar-refractivity contribution is -0.138. The van der Waals surface area contributed by atoms with Crippen molar-refractivity contribution in [2.45, 2.75) is 44.7 Å². The van der Waals surface area contributed by atoms with E-state index < -0.39 is 5.97 Å². The fourth-order valence-corrected chi connectivity index (χ4v) is 5.33. The number of carboxylic acid groups (broad SMARTS) is 1. The summed E-state index contributed by atoms with van der Waals surface area (Å²) >= 11 is 0. The van der Waals surface area contributed by atoms with Crippen LogP contribution in [0.2, 0.25) is 0 Å². The Morgan fingerprint density at radius 2 is 1.82 bits per heavy atom. The van der Waals surface area contributed by atoms with Crippen LogP contribution in [0.15, 0.2) is 67.0 Å². The summed E-state index contributed by atoms with van der Waals surface area (Å²) in [6.45, 7) is 0.480. The Morgan fingerprint density at radius 1 is 1.05 bits per heavy atom. The zero-order chi connectivity index (χ0) is 26.6. The van der Waals surface area contributed by atoms with Gasteiger partial charge in [-0.15, -0.1) is 0 Å². The first kappa shape index (κ1) is 25.4. The molecule has 0 saturated heterocycles. The monoisotopic (exact) mass is 515 g/mol. The summed E-state index contributed by atoms with van der Waals surface area (Å²) in [5.41, 5.74) is 4.02. The smallest absolute Gasteiger partial charge is 0.303 e. The highest BCUT2D eigenvalue weighted by atomic mass is 19.1. The molecule has 1 aliphatic rings. The van der Waals surface area contributed by atoms with Crippen molar-refractivity contribution < 1.29 is 23.8 Å². The zero-order valence-electron chi connectivity index (χ0n) is 21.2. The third-order valence-electron chi connectivity index (χ3n) is 7.35. The van der Waals surface area contributed by atoms with Crippen molar-refractivity contribution in [1.82, 2.24) is 14.9 Å². The molecule has 2 aromatic heterocycles. The van der Waals surface area contributed by atoms with E-state index in [1.165, 1.54) is 6.07 Å². The minimum absolute atomic E-state index is 0.0181. The molecular weight excluding hydrogens is 485 g/mol. The van der Waals surface area contributed by atoms with Crippen molar-refractivity contribution in [2.24, 2.45) is 5.92 Å². The Balaban J connectivity index is 1.34. The number of amides is 1. The Hall–Kier alpha value is -4.20. The molecule has 1 fully saturated rings. The second-order valence-corrected chi connectivity index (χ2v) is 9.87. The van der Waals surface area contributed by atoms with Crippen LogP contribution in [0, 0.1) is 11.7 Å². The number of halogens is 1. The average Bonchev–Trinajstić information content (AvgIpc) is 3.34. The highest BCUT2D eigenvalue weighted by Crippen LogP contribution is 2.29. The van der Waals surface area contributed by atoms with Crippen LogP contribution in [0.1, 0.15) is 48.0 Å². The predicted octanol–water partition coefficient (Wildman–Crippen LogP) is 5.66. The number of benzene rings is 2. The summed E-state index contributed by atoms with van der Waals surface area (Å²) in [6.07, 6.45) is 6.71. The van der Waals surface area contributed by atoms with E-state index in [-0.39, 0.29) is 30.1 Å². The molecule has 2 aromatic carbocycles. The molecule has 2 N–H and O–H groups in total. The van der Waals surface area contributed by atoms with Crippen molar-refractivity contribution in [3.05, 3.63) is 83.9 Å². The molecule has 196 valence electrons. The van der Waals surface area contributed by atoms with Crippen LogP contribution in [0.3, 0.4) is 0 Å². The highest BCUT2D eigenvalue weighted by Gasteiger charge is 2.25. The van der Waals surface area contributed by atoms with Gasteiger partial charge in [-0.1, -0.05) is 24.3 Å². The summed E-state index contributed by atoms with van der Waals surface area (Å²) in [5, 5.41) is 12.5. The number of aromatic nitrogens is 2. The van der Waals surface area contributed by atoms with Gasteiger partial charge < -0.3 is 19.7 Å². The summed E-state index contributed by atoms with van der Waals surface area (Å²) in [5.74, 6) is -0.682. The molecule has 0 radical (unpaired) electrons. The molecule has 1 aliphatic carbocycles. The van der Waals surface area contributed by atoms with E-state index in [0.29, 0.717) is 28.9 Å². The van der Waals surface area contributed by atoms with E-state index in [1.807, 2.05) is 47.2 Å². The predicted molar refractivity (Wildman–Crippen MR) is 143 cm³/mol. The molecule has 0 aliphatic heterocycles. The number of rotatable bonds is 8. The number of carboxylic acids is 1. The molecular formula is C30H30FN3O4. The number of ether oxygens (including phenoxy) is 1. The van der Waals surface area contributed by atoms with Gasteiger partial charge in [0.1, 0.15) is 5.82 Å². The Kier molecular flexibility index (Phi) is 7.40. The summed E-state index contributed by atoms with van der Waals surface area (Å²) in [6, 6.07) is 16.4. The molecule has 2 heterocycles. The van der Waals surface area contributed by atoms with E-state index in [9.17, 15) is 14.0 Å². The topological polar surface area (TPSA) is 93.5 Å². The largest absolute Gasteiger partial charge is 0.481 e. The number of nitrogens with one attached hydrogen (secondary N) is 1. The Labute approximate surface area is 220 Å². The minimum Gasteiger partial charge on any atom is -0.481 e. The van der Waals surface area contributed by atoms with Crippen molar-refractivity contribution in [1.29, 1.82) is 0 Å². The SMILES string of the molecule is COc1cc(-c2ccc(Cn3ccc4c(F)ccc(C(=O)NC5CCC(CC(=O)O)CC5)c43)cc2)ccn1. The van der Waals surface area contributed by atoms with E-state index >= 15 is 0 Å². The van der Waals surface area contributed by atoms with Crippen LogP contribution >= 0.6 is 0 Å². The number of hydrogen-bond donors (Lipinski definition) is 2. The lowest BCUT2D eigenvalue weighted by Crippen LogP contribution is -2.38. The first-order valence-electron chi connectivity index (χ1n) is 12.8. The second kappa shape index (κ2) is 11.0. The number of methoxy groups -OCH3 is 1. The fourth-order valence-electron chi connectivity index (χ4n) is 5.33. The number of nitrogens with zero attached hydrogens (tertiary/aromatic N) is 2. The third kappa shape index (κ3) is 5.54. The molecule has 4 aromatic rings. The summed E-state index contributed by atoms with van der Waals surface area (Å²) in [7, 11) is 1.58. The Bertz CT molecular complexity index is 1460. The maximum atomic E-state index is 14.7. The maximum Gasteiger partial charge on any atom is 0.303 e. The standard InChI is InChI=1S/C30H30FN3O4/c1-38-27-17-22(12-14-32-27)21-6-2-20(3-7-21)18-34-15-13-24-26(31)11-10-25(29(24)34)30(37)33-23-8-4-19(5-9-23)16-28(35)36/h2-3,6-7,10-15,17,19,23H,4-5,8-9,16,18H2,1H3,(H,33,37)(H,35,36). The van der Waals surface area contributed by atoms with Gasteiger partial charge in [0.15, 0.2) is 0 Å². The zero-order valence-corrected chi connectivity index (χ0v) is 21.2. The van der Waals surface area contributed by atoms with Crippen LogP contribution < -0.4 is 10.1 Å². The van der Waals surface area contributed by atoms with Gasteiger partial charge in [-0.2, -0.15) is 0 Å². The van der Waals surface area contributed by atoms with Crippen molar-refractivity contribution >= 4 is 22.8 Å². The van der Waals surface area contributed by atoms with Gasteiger partial charge in [-0.05, 0) is 72.6 Å². The van der Waals surface area contributed by atoms with Gasteiger partial charge in [-0.25, -0.2) is 9.37 Å². The molecule has 0 bridgehead atoms. The molecule has 1 amide bonds. The van der Waals surface area contributed by atoms with Gasteiger partial charge in [0, 0.05) is 42.9 Å². The highest BCUT2D eigenvalue weighted by molar-refractivity contribution is 6.06. The second-order valence-electron chi connectivity index (χ2n) is 9.87. The molecule has 0 spiro atoms. The fraction of sp³-hybridized carbons (Fsp3) is 0.300. The number of fused-ring (bicyclic) bond motifs is 1.